The summed E-state index contributed by atoms with van der Waals surface area (Å²) in [6.07, 6.45) is 3.70. The lowest BCUT2D eigenvalue weighted by Crippen LogP contribution is -2.31. The van der Waals surface area contributed by atoms with Gasteiger partial charge in [0.25, 0.3) is 11.7 Å². The summed E-state index contributed by atoms with van der Waals surface area (Å²) in [5.74, 6) is -0.959. The second kappa shape index (κ2) is 9.54. The number of ether oxygens (including phenoxy) is 2. The molecule has 2 aromatic rings. The van der Waals surface area contributed by atoms with E-state index in [9.17, 15) is 14.7 Å². The standard InChI is InChI=1S/C23H26N2O5/c1-15(2)30-13-5-12-25-20(17-6-4-7-18(14-17)29-3)19(22(27)23(25)28)21(26)16-8-10-24-11-9-16/h4,6-11,14-15,20,26H,5,12-13H2,1-3H3/b21-19-. The Kier molecular flexibility index (Phi) is 6.84. The van der Waals surface area contributed by atoms with Gasteiger partial charge in [-0.2, -0.15) is 0 Å². The SMILES string of the molecule is COc1cccc(C2/C(=C(/O)c3ccncc3)C(=O)C(=O)N2CCCOC(C)C)c1. The third kappa shape index (κ3) is 4.52. The van der Waals surface area contributed by atoms with E-state index in [0.717, 1.165) is 0 Å². The Morgan fingerprint density at radius 1 is 1.20 bits per heavy atom. The van der Waals surface area contributed by atoms with E-state index in [4.69, 9.17) is 9.47 Å². The molecule has 1 fully saturated rings. The van der Waals surface area contributed by atoms with Gasteiger partial charge in [-0.15, -0.1) is 0 Å². The topological polar surface area (TPSA) is 89.0 Å². The Morgan fingerprint density at radius 2 is 1.93 bits per heavy atom. The first-order valence-electron chi connectivity index (χ1n) is 9.88. The Hall–Kier alpha value is -3.19. The molecule has 1 aliphatic rings. The number of ketones is 1. The van der Waals surface area contributed by atoms with Crippen LogP contribution in [0, 0.1) is 0 Å². The number of aliphatic hydroxyl groups excluding tert-OH is 1. The van der Waals surface area contributed by atoms with Gasteiger partial charge in [-0.3, -0.25) is 14.6 Å². The minimum absolute atomic E-state index is 0.0595. The Morgan fingerprint density at radius 3 is 2.60 bits per heavy atom. The summed E-state index contributed by atoms with van der Waals surface area (Å²) in [6, 6.07) is 9.65. The summed E-state index contributed by atoms with van der Waals surface area (Å²) >= 11 is 0. The molecular weight excluding hydrogens is 384 g/mol. The molecule has 1 unspecified atom stereocenters. The lowest BCUT2D eigenvalue weighted by Gasteiger charge is -2.25. The van der Waals surface area contributed by atoms with E-state index in [2.05, 4.69) is 4.98 Å². The molecular formula is C23H26N2O5. The van der Waals surface area contributed by atoms with E-state index < -0.39 is 17.7 Å². The molecule has 2 heterocycles. The summed E-state index contributed by atoms with van der Waals surface area (Å²) in [5.41, 5.74) is 1.18. The van der Waals surface area contributed by atoms with Gasteiger partial charge in [0.05, 0.1) is 24.8 Å². The van der Waals surface area contributed by atoms with Crippen LogP contribution in [0.1, 0.15) is 37.4 Å². The Labute approximate surface area is 175 Å². The van der Waals surface area contributed by atoms with E-state index in [1.807, 2.05) is 19.9 Å². The van der Waals surface area contributed by atoms with E-state index in [1.54, 1.807) is 37.4 Å². The number of carbonyl (C=O) groups is 2. The van der Waals surface area contributed by atoms with Crippen LogP contribution in [0.2, 0.25) is 0 Å². The lowest BCUT2D eigenvalue weighted by molar-refractivity contribution is -0.140. The number of rotatable bonds is 8. The van der Waals surface area contributed by atoms with Crippen LogP contribution < -0.4 is 4.74 Å². The molecule has 0 radical (unpaired) electrons. The molecule has 0 saturated carbocycles. The molecule has 7 heteroatoms. The predicted octanol–water partition coefficient (Wildman–Crippen LogP) is 3.33. The van der Waals surface area contributed by atoms with Gasteiger partial charge < -0.3 is 19.5 Å². The number of methoxy groups -OCH3 is 1. The van der Waals surface area contributed by atoms with E-state index in [-0.39, 0.29) is 17.4 Å². The zero-order valence-corrected chi connectivity index (χ0v) is 17.4. The molecule has 0 bridgehead atoms. The maximum atomic E-state index is 12.9. The molecule has 1 atom stereocenters. The number of hydrogen-bond donors (Lipinski definition) is 1. The van der Waals surface area contributed by atoms with Gasteiger partial charge >= 0.3 is 0 Å². The van der Waals surface area contributed by atoms with E-state index >= 15 is 0 Å². The van der Waals surface area contributed by atoms with Gasteiger partial charge in [0.15, 0.2) is 0 Å². The Balaban J connectivity index is 2.03. The highest BCUT2D eigenvalue weighted by atomic mass is 16.5. The van der Waals surface area contributed by atoms with Gasteiger partial charge in [0.1, 0.15) is 11.5 Å². The number of likely N-dealkylation sites (tertiary alicyclic amines) is 1. The third-order valence-electron chi connectivity index (χ3n) is 4.90. The number of pyridine rings is 1. The number of amides is 1. The lowest BCUT2D eigenvalue weighted by atomic mass is 9.95. The van der Waals surface area contributed by atoms with Crippen LogP contribution in [-0.2, 0) is 14.3 Å². The smallest absolute Gasteiger partial charge is 0.295 e. The van der Waals surface area contributed by atoms with Crippen molar-refractivity contribution in [2.75, 3.05) is 20.3 Å². The third-order valence-corrected chi connectivity index (χ3v) is 4.90. The molecule has 30 heavy (non-hydrogen) atoms. The quantitative estimate of drug-likeness (QED) is 0.311. The highest BCUT2D eigenvalue weighted by Crippen LogP contribution is 2.40. The largest absolute Gasteiger partial charge is 0.507 e. The average Bonchev–Trinajstić information content (AvgIpc) is 3.01. The van der Waals surface area contributed by atoms with Crippen LogP contribution in [0.4, 0.5) is 0 Å². The van der Waals surface area contributed by atoms with Gasteiger partial charge in [-0.25, -0.2) is 0 Å². The van der Waals surface area contributed by atoms with Crippen LogP contribution in [0.15, 0.2) is 54.4 Å². The van der Waals surface area contributed by atoms with E-state index in [0.29, 0.717) is 36.4 Å². The number of carbonyl (C=O) groups excluding carboxylic acids is 2. The minimum Gasteiger partial charge on any atom is -0.507 e. The first-order chi connectivity index (χ1) is 14.4. The molecule has 1 aliphatic heterocycles. The molecule has 0 spiro atoms. The molecule has 7 nitrogen and oxygen atoms in total. The number of benzene rings is 1. The molecule has 3 rings (SSSR count). The molecule has 1 amide bonds. The summed E-state index contributed by atoms with van der Waals surface area (Å²) in [7, 11) is 1.55. The number of Topliss-reactive ketones (excluding diaryl/α,β-unsaturated/α-hetero) is 1. The van der Waals surface area contributed by atoms with Crippen molar-refractivity contribution >= 4 is 17.4 Å². The highest BCUT2D eigenvalue weighted by molar-refractivity contribution is 6.46. The van der Waals surface area contributed by atoms with Crippen molar-refractivity contribution in [1.82, 2.24) is 9.88 Å². The maximum absolute atomic E-state index is 12.9. The molecule has 0 aliphatic carbocycles. The molecule has 1 saturated heterocycles. The van der Waals surface area contributed by atoms with E-state index in [1.165, 1.54) is 17.3 Å². The van der Waals surface area contributed by atoms with Crippen LogP contribution in [0.5, 0.6) is 5.75 Å². The van der Waals surface area contributed by atoms with Crippen molar-refractivity contribution in [3.63, 3.8) is 0 Å². The normalized spacial score (nSPS) is 18.3. The van der Waals surface area contributed by atoms with Crippen molar-refractivity contribution in [3.05, 3.63) is 65.5 Å². The summed E-state index contributed by atoms with van der Waals surface area (Å²) < 4.78 is 10.9. The number of aromatic nitrogens is 1. The first kappa shape index (κ1) is 21.5. The van der Waals surface area contributed by atoms with Crippen molar-refractivity contribution in [2.45, 2.75) is 32.4 Å². The minimum atomic E-state index is -0.715. The van der Waals surface area contributed by atoms with Crippen LogP contribution in [0.25, 0.3) is 5.76 Å². The fraction of sp³-hybridized carbons (Fsp3) is 0.348. The molecule has 158 valence electrons. The zero-order valence-electron chi connectivity index (χ0n) is 17.4. The first-order valence-corrected chi connectivity index (χ1v) is 9.88. The average molecular weight is 410 g/mol. The fourth-order valence-corrected chi connectivity index (χ4v) is 3.49. The van der Waals surface area contributed by atoms with Gasteiger partial charge in [0, 0.05) is 31.1 Å². The van der Waals surface area contributed by atoms with Gasteiger partial charge in [-0.1, -0.05) is 12.1 Å². The van der Waals surface area contributed by atoms with Crippen LogP contribution >= 0.6 is 0 Å². The predicted molar refractivity (Wildman–Crippen MR) is 112 cm³/mol. The van der Waals surface area contributed by atoms with Crippen molar-refractivity contribution in [3.8, 4) is 5.75 Å². The second-order valence-corrected chi connectivity index (χ2v) is 7.28. The Bertz CT molecular complexity index is 940. The van der Waals surface area contributed by atoms with Crippen molar-refractivity contribution in [2.24, 2.45) is 0 Å². The monoisotopic (exact) mass is 410 g/mol. The van der Waals surface area contributed by atoms with Crippen molar-refractivity contribution in [1.29, 1.82) is 0 Å². The highest BCUT2D eigenvalue weighted by Gasteiger charge is 2.45. The molecule has 1 N–H and O–H groups in total. The van der Waals surface area contributed by atoms with Crippen molar-refractivity contribution < 1.29 is 24.2 Å². The molecule has 1 aromatic carbocycles. The van der Waals surface area contributed by atoms with Gasteiger partial charge in [-0.05, 0) is 50.1 Å². The maximum Gasteiger partial charge on any atom is 0.295 e. The van der Waals surface area contributed by atoms with Crippen LogP contribution in [0.3, 0.4) is 0 Å². The number of hydrogen-bond acceptors (Lipinski definition) is 6. The van der Waals surface area contributed by atoms with Crippen LogP contribution in [-0.4, -0.2) is 53.0 Å². The summed E-state index contributed by atoms with van der Waals surface area (Å²) in [6.45, 7) is 4.68. The summed E-state index contributed by atoms with van der Waals surface area (Å²) in [5, 5.41) is 10.9. The fourth-order valence-electron chi connectivity index (χ4n) is 3.49. The number of aliphatic hydroxyl groups is 1. The second-order valence-electron chi connectivity index (χ2n) is 7.28. The molecule has 1 aromatic heterocycles. The number of nitrogens with zero attached hydrogens (tertiary/aromatic N) is 2. The van der Waals surface area contributed by atoms with Gasteiger partial charge in [0.2, 0.25) is 0 Å². The zero-order chi connectivity index (χ0) is 21.7. The summed E-state index contributed by atoms with van der Waals surface area (Å²) in [4.78, 5) is 31.2.